The molecule has 0 aliphatic carbocycles. The molecule has 1 aliphatic rings. The summed E-state index contributed by atoms with van der Waals surface area (Å²) < 4.78 is 27.3. The molecule has 1 atom stereocenters. The normalized spacial score (nSPS) is 17.5. The minimum atomic E-state index is -3.56. The molecule has 0 aromatic heterocycles. The average molecular weight is 416 g/mol. The van der Waals surface area contributed by atoms with Crippen LogP contribution in [0.1, 0.15) is 46.9 Å². The van der Waals surface area contributed by atoms with E-state index in [0.29, 0.717) is 23.4 Å². The highest BCUT2D eigenvalue weighted by atomic mass is 32.2. The SMILES string of the molecule is CNC(=O)c1ccc(NC(=O)c2ccc(S(=O)(=O)N3CCCC[C@@H]3C)cc2)cc1. The van der Waals surface area contributed by atoms with Crippen molar-refractivity contribution in [2.24, 2.45) is 0 Å². The second-order valence-corrected chi connectivity index (χ2v) is 8.99. The van der Waals surface area contributed by atoms with Gasteiger partial charge in [-0.3, -0.25) is 9.59 Å². The summed E-state index contributed by atoms with van der Waals surface area (Å²) in [5.74, 6) is -0.560. The zero-order valence-electron chi connectivity index (χ0n) is 16.5. The Kier molecular flexibility index (Phi) is 6.34. The monoisotopic (exact) mass is 415 g/mol. The molecule has 0 radical (unpaired) electrons. The van der Waals surface area contributed by atoms with Crippen LogP contribution in [0.2, 0.25) is 0 Å². The lowest BCUT2D eigenvalue weighted by Crippen LogP contribution is -2.41. The molecular formula is C21H25N3O4S. The lowest BCUT2D eigenvalue weighted by molar-refractivity contribution is 0.0962. The number of amides is 2. The van der Waals surface area contributed by atoms with E-state index >= 15 is 0 Å². The van der Waals surface area contributed by atoms with Gasteiger partial charge in [0.2, 0.25) is 10.0 Å². The summed E-state index contributed by atoms with van der Waals surface area (Å²) in [4.78, 5) is 24.2. The van der Waals surface area contributed by atoms with Crippen LogP contribution in [0.5, 0.6) is 0 Å². The highest BCUT2D eigenvalue weighted by molar-refractivity contribution is 7.89. The second-order valence-electron chi connectivity index (χ2n) is 7.10. The number of nitrogens with zero attached hydrogens (tertiary/aromatic N) is 1. The van der Waals surface area contributed by atoms with Crippen LogP contribution in [0, 0.1) is 0 Å². The largest absolute Gasteiger partial charge is 0.355 e. The number of hydrogen-bond donors (Lipinski definition) is 2. The van der Waals surface area contributed by atoms with Crippen molar-refractivity contribution in [3.63, 3.8) is 0 Å². The number of anilines is 1. The first kappa shape index (κ1) is 21.0. The molecule has 29 heavy (non-hydrogen) atoms. The molecule has 7 nitrogen and oxygen atoms in total. The maximum absolute atomic E-state index is 12.9. The Labute approximate surface area is 171 Å². The van der Waals surface area contributed by atoms with Gasteiger partial charge < -0.3 is 10.6 Å². The molecule has 0 unspecified atom stereocenters. The number of piperidine rings is 1. The molecule has 154 valence electrons. The summed E-state index contributed by atoms with van der Waals surface area (Å²) in [6.45, 7) is 2.45. The molecule has 2 N–H and O–H groups in total. The number of benzene rings is 2. The molecular weight excluding hydrogens is 390 g/mol. The Morgan fingerprint density at radius 1 is 0.931 bits per heavy atom. The van der Waals surface area contributed by atoms with E-state index in [-0.39, 0.29) is 22.8 Å². The van der Waals surface area contributed by atoms with Crippen LogP contribution < -0.4 is 10.6 Å². The van der Waals surface area contributed by atoms with Gasteiger partial charge in [-0.15, -0.1) is 0 Å². The molecule has 3 rings (SSSR count). The number of sulfonamides is 1. The third kappa shape index (κ3) is 4.65. The summed E-state index contributed by atoms with van der Waals surface area (Å²) in [6, 6.07) is 12.5. The number of hydrogen-bond acceptors (Lipinski definition) is 4. The Bertz CT molecular complexity index is 986. The van der Waals surface area contributed by atoms with Gasteiger partial charge in [0.15, 0.2) is 0 Å². The third-order valence-corrected chi connectivity index (χ3v) is 7.12. The van der Waals surface area contributed by atoms with Crippen molar-refractivity contribution in [3.8, 4) is 0 Å². The Hall–Kier alpha value is -2.71. The molecule has 2 amide bonds. The summed E-state index contributed by atoms with van der Waals surface area (Å²) >= 11 is 0. The Morgan fingerprint density at radius 3 is 2.10 bits per heavy atom. The average Bonchev–Trinajstić information content (AvgIpc) is 2.74. The van der Waals surface area contributed by atoms with Crippen LogP contribution in [0.15, 0.2) is 53.4 Å². The van der Waals surface area contributed by atoms with Crippen LogP contribution in [-0.4, -0.2) is 44.2 Å². The van der Waals surface area contributed by atoms with Crippen LogP contribution in [0.3, 0.4) is 0 Å². The Morgan fingerprint density at radius 2 is 1.52 bits per heavy atom. The Balaban J connectivity index is 1.71. The van der Waals surface area contributed by atoms with Gasteiger partial charge in [0.1, 0.15) is 0 Å². The van der Waals surface area contributed by atoms with E-state index in [4.69, 9.17) is 0 Å². The molecule has 1 heterocycles. The molecule has 1 fully saturated rings. The first-order valence-electron chi connectivity index (χ1n) is 9.58. The smallest absolute Gasteiger partial charge is 0.255 e. The predicted molar refractivity (Wildman–Crippen MR) is 111 cm³/mol. The van der Waals surface area contributed by atoms with Crippen LogP contribution in [-0.2, 0) is 10.0 Å². The van der Waals surface area contributed by atoms with E-state index in [0.717, 1.165) is 19.3 Å². The van der Waals surface area contributed by atoms with Gasteiger partial charge in [-0.05, 0) is 68.3 Å². The lowest BCUT2D eigenvalue weighted by atomic mass is 10.1. The van der Waals surface area contributed by atoms with Crippen LogP contribution >= 0.6 is 0 Å². The quantitative estimate of drug-likeness (QED) is 0.785. The zero-order chi connectivity index (χ0) is 21.0. The predicted octanol–water partition coefficient (Wildman–Crippen LogP) is 2.86. The molecule has 0 spiro atoms. The molecule has 0 saturated carbocycles. The summed E-state index contributed by atoms with van der Waals surface area (Å²) in [5.41, 5.74) is 1.39. The van der Waals surface area contributed by atoms with E-state index in [1.165, 1.54) is 24.3 Å². The van der Waals surface area contributed by atoms with Crippen LogP contribution in [0.25, 0.3) is 0 Å². The van der Waals surface area contributed by atoms with Gasteiger partial charge in [0.05, 0.1) is 4.90 Å². The standard InChI is InChI=1S/C21H25N3O4S/c1-15-5-3-4-14-24(15)29(27,28)19-12-8-17(9-13-19)21(26)23-18-10-6-16(7-11-18)20(25)22-2/h6-13,15H,3-5,14H2,1-2H3,(H,22,25)(H,23,26)/t15-/m0/s1. The third-order valence-electron chi connectivity index (χ3n) is 5.10. The summed E-state index contributed by atoms with van der Waals surface area (Å²) in [7, 11) is -2.01. The van der Waals surface area contributed by atoms with Crippen molar-refractivity contribution in [2.75, 3.05) is 18.9 Å². The fourth-order valence-electron chi connectivity index (χ4n) is 3.40. The van der Waals surface area contributed by atoms with E-state index in [1.54, 1.807) is 35.6 Å². The number of carbonyl (C=O) groups excluding carboxylic acids is 2. The zero-order valence-corrected chi connectivity index (χ0v) is 17.3. The van der Waals surface area contributed by atoms with E-state index < -0.39 is 10.0 Å². The molecule has 0 bridgehead atoms. The highest BCUT2D eigenvalue weighted by Gasteiger charge is 2.30. The van der Waals surface area contributed by atoms with E-state index in [9.17, 15) is 18.0 Å². The van der Waals surface area contributed by atoms with Crippen LogP contribution in [0.4, 0.5) is 5.69 Å². The van der Waals surface area contributed by atoms with Crippen molar-refractivity contribution in [1.29, 1.82) is 0 Å². The van der Waals surface area contributed by atoms with Gasteiger partial charge in [0.25, 0.3) is 11.8 Å². The van der Waals surface area contributed by atoms with Crippen molar-refractivity contribution in [1.82, 2.24) is 9.62 Å². The van der Waals surface area contributed by atoms with E-state index in [1.807, 2.05) is 6.92 Å². The lowest BCUT2D eigenvalue weighted by Gasteiger charge is -2.32. The molecule has 2 aromatic rings. The van der Waals surface area contributed by atoms with Gasteiger partial charge in [-0.1, -0.05) is 6.42 Å². The topological polar surface area (TPSA) is 95.6 Å². The summed E-state index contributed by atoms with van der Waals surface area (Å²) in [6.07, 6.45) is 2.76. The molecule has 8 heteroatoms. The van der Waals surface area contributed by atoms with Gasteiger partial charge in [0, 0.05) is 36.4 Å². The molecule has 1 saturated heterocycles. The minimum Gasteiger partial charge on any atom is -0.355 e. The highest BCUT2D eigenvalue weighted by Crippen LogP contribution is 2.25. The fraction of sp³-hybridized carbons (Fsp3) is 0.333. The van der Waals surface area contributed by atoms with Crippen molar-refractivity contribution < 1.29 is 18.0 Å². The summed E-state index contributed by atoms with van der Waals surface area (Å²) in [5, 5.41) is 5.27. The van der Waals surface area contributed by atoms with Gasteiger partial charge >= 0.3 is 0 Å². The second kappa shape index (κ2) is 8.75. The van der Waals surface area contributed by atoms with Gasteiger partial charge in [-0.2, -0.15) is 4.31 Å². The van der Waals surface area contributed by atoms with Gasteiger partial charge in [-0.25, -0.2) is 8.42 Å². The maximum Gasteiger partial charge on any atom is 0.255 e. The molecule has 2 aromatic carbocycles. The number of nitrogens with one attached hydrogen (secondary N) is 2. The fourth-order valence-corrected chi connectivity index (χ4v) is 5.09. The van der Waals surface area contributed by atoms with Crippen molar-refractivity contribution in [2.45, 2.75) is 37.1 Å². The van der Waals surface area contributed by atoms with Crippen molar-refractivity contribution in [3.05, 3.63) is 59.7 Å². The number of carbonyl (C=O) groups is 2. The van der Waals surface area contributed by atoms with Crippen molar-refractivity contribution >= 4 is 27.5 Å². The molecule has 1 aliphatic heterocycles. The maximum atomic E-state index is 12.9. The van der Waals surface area contributed by atoms with E-state index in [2.05, 4.69) is 10.6 Å². The minimum absolute atomic E-state index is 0.0190. The number of rotatable bonds is 5. The first-order valence-corrected chi connectivity index (χ1v) is 11.0. The first-order chi connectivity index (χ1) is 13.8.